The summed E-state index contributed by atoms with van der Waals surface area (Å²) in [4.78, 5) is 0. The van der Waals surface area contributed by atoms with Crippen LogP contribution in [0.4, 0.5) is 0 Å². The van der Waals surface area contributed by atoms with Crippen molar-refractivity contribution >= 4 is 0 Å². The van der Waals surface area contributed by atoms with Crippen molar-refractivity contribution in [3.05, 3.63) is 12.2 Å². The summed E-state index contributed by atoms with van der Waals surface area (Å²) in [6, 6.07) is 0. The minimum absolute atomic E-state index is 0.338. The molecular formula is C11H16O2. The molecule has 3 rings (SSSR count). The van der Waals surface area contributed by atoms with Crippen LogP contribution in [-0.4, -0.2) is 21.9 Å². The van der Waals surface area contributed by atoms with E-state index < -0.39 is 11.7 Å². The molecule has 0 saturated heterocycles. The fourth-order valence-electron chi connectivity index (χ4n) is 3.73. The summed E-state index contributed by atoms with van der Waals surface area (Å²) >= 11 is 0. The molecule has 0 aromatic rings. The van der Waals surface area contributed by atoms with E-state index in [2.05, 4.69) is 12.2 Å². The molecule has 0 aromatic heterocycles. The Morgan fingerprint density at radius 3 is 2.69 bits per heavy atom. The van der Waals surface area contributed by atoms with Crippen molar-refractivity contribution in [1.29, 1.82) is 0 Å². The molecule has 0 heterocycles. The first kappa shape index (κ1) is 8.01. The summed E-state index contributed by atoms with van der Waals surface area (Å²) < 4.78 is 0. The standard InChI is InChI=1S/C11H16O2/c1-11(13)5-8-6-2-3-7(4-6)9(8)10(11)12/h2-3,6-10,12-13H,4-5H2,1H3/t6-,7+,8-,9-,10-,11+/m0/s1. The molecule has 72 valence electrons. The van der Waals surface area contributed by atoms with Gasteiger partial charge in [0.1, 0.15) is 0 Å². The van der Waals surface area contributed by atoms with Gasteiger partial charge in [-0.3, -0.25) is 0 Å². The molecule has 0 aliphatic heterocycles. The van der Waals surface area contributed by atoms with Gasteiger partial charge >= 0.3 is 0 Å². The van der Waals surface area contributed by atoms with E-state index in [0.717, 1.165) is 6.42 Å². The monoisotopic (exact) mass is 180 g/mol. The summed E-state index contributed by atoms with van der Waals surface area (Å²) in [6.07, 6.45) is 6.00. The van der Waals surface area contributed by atoms with Gasteiger partial charge in [-0.2, -0.15) is 0 Å². The molecule has 2 heteroatoms. The lowest BCUT2D eigenvalue weighted by Crippen LogP contribution is -2.38. The number of hydrogen-bond acceptors (Lipinski definition) is 2. The van der Waals surface area contributed by atoms with Crippen LogP contribution >= 0.6 is 0 Å². The van der Waals surface area contributed by atoms with Crippen molar-refractivity contribution in [3.63, 3.8) is 0 Å². The zero-order valence-corrected chi connectivity index (χ0v) is 7.85. The van der Waals surface area contributed by atoms with Gasteiger partial charge in [0.2, 0.25) is 0 Å². The maximum absolute atomic E-state index is 9.97. The van der Waals surface area contributed by atoms with Gasteiger partial charge in [-0.05, 0) is 43.4 Å². The predicted octanol–water partition coefficient (Wildman–Crippen LogP) is 0.940. The molecule has 2 saturated carbocycles. The topological polar surface area (TPSA) is 40.5 Å². The van der Waals surface area contributed by atoms with Gasteiger partial charge in [0.05, 0.1) is 11.7 Å². The zero-order chi connectivity index (χ0) is 9.22. The number of rotatable bonds is 0. The molecule has 2 nitrogen and oxygen atoms in total. The van der Waals surface area contributed by atoms with Crippen LogP contribution in [0.1, 0.15) is 19.8 Å². The van der Waals surface area contributed by atoms with Crippen molar-refractivity contribution in [2.45, 2.75) is 31.5 Å². The van der Waals surface area contributed by atoms with Gasteiger partial charge in [-0.1, -0.05) is 12.2 Å². The van der Waals surface area contributed by atoms with E-state index >= 15 is 0 Å². The molecule has 2 fully saturated rings. The summed E-state index contributed by atoms with van der Waals surface area (Å²) in [5.41, 5.74) is -0.835. The highest BCUT2D eigenvalue weighted by Crippen LogP contribution is 2.57. The summed E-state index contributed by atoms with van der Waals surface area (Å²) in [6.45, 7) is 1.77. The second-order valence-corrected chi connectivity index (χ2v) is 5.20. The van der Waals surface area contributed by atoms with Crippen molar-refractivity contribution in [2.75, 3.05) is 0 Å². The van der Waals surface area contributed by atoms with E-state index in [0.29, 0.717) is 23.7 Å². The van der Waals surface area contributed by atoms with Crippen LogP contribution in [0.2, 0.25) is 0 Å². The Hall–Kier alpha value is -0.340. The maximum Gasteiger partial charge on any atom is 0.0883 e. The molecule has 0 spiro atoms. The van der Waals surface area contributed by atoms with Crippen LogP contribution in [0.3, 0.4) is 0 Å². The maximum atomic E-state index is 9.97. The largest absolute Gasteiger partial charge is 0.390 e. The van der Waals surface area contributed by atoms with Crippen LogP contribution in [-0.2, 0) is 0 Å². The minimum atomic E-state index is -0.835. The molecule has 3 aliphatic carbocycles. The Labute approximate surface area is 78.3 Å². The molecule has 2 bridgehead atoms. The van der Waals surface area contributed by atoms with Gasteiger partial charge in [0.15, 0.2) is 0 Å². The molecule has 0 aromatic carbocycles. The molecule has 3 aliphatic rings. The Morgan fingerprint density at radius 2 is 2.00 bits per heavy atom. The summed E-state index contributed by atoms with van der Waals surface area (Å²) in [5.74, 6) is 2.06. The number of aliphatic hydroxyl groups excluding tert-OH is 1. The first-order chi connectivity index (χ1) is 6.09. The molecule has 0 unspecified atom stereocenters. The Morgan fingerprint density at radius 1 is 1.31 bits per heavy atom. The number of allylic oxidation sites excluding steroid dienone is 2. The molecule has 0 radical (unpaired) electrons. The van der Waals surface area contributed by atoms with E-state index in [9.17, 15) is 10.2 Å². The average molecular weight is 180 g/mol. The lowest BCUT2D eigenvalue weighted by Gasteiger charge is -2.26. The van der Waals surface area contributed by atoms with E-state index in [1.807, 2.05) is 0 Å². The third-order valence-corrected chi connectivity index (χ3v) is 4.34. The van der Waals surface area contributed by atoms with Gasteiger partial charge in [-0.15, -0.1) is 0 Å². The van der Waals surface area contributed by atoms with Crippen LogP contribution < -0.4 is 0 Å². The number of hydrogen-bond donors (Lipinski definition) is 2. The van der Waals surface area contributed by atoms with Crippen molar-refractivity contribution in [2.24, 2.45) is 23.7 Å². The van der Waals surface area contributed by atoms with E-state index in [1.165, 1.54) is 6.42 Å². The summed E-state index contributed by atoms with van der Waals surface area (Å²) in [7, 11) is 0. The fourth-order valence-corrected chi connectivity index (χ4v) is 3.73. The van der Waals surface area contributed by atoms with Crippen LogP contribution in [0.5, 0.6) is 0 Å². The van der Waals surface area contributed by atoms with E-state index in [4.69, 9.17) is 0 Å². The molecule has 13 heavy (non-hydrogen) atoms. The average Bonchev–Trinajstić information content (AvgIpc) is 2.65. The normalized spacial score (nSPS) is 63.2. The Balaban J connectivity index is 1.96. The number of fused-ring (bicyclic) bond motifs is 5. The van der Waals surface area contributed by atoms with Crippen LogP contribution in [0.15, 0.2) is 12.2 Å². The predicted molar refractivity (Wildman–Crippen MR) is 49.0 cm³/mol. The van der Waals surface area contributed by atoms with Gasteiger partial charge < -0.3 is 10.2 Å². The highest BCUT2D eigenvalue weighted by Gasteiger charge is 2.58. The molecule has 6 atom stereocenters. The first-order valence-corrected chi connectivity index (χ1v) is 5.18. The third kappa shape index (κ3) is 0.856. The second-order valence-electron chi connectivity index (χ2n) is 5.20. The highest BCUT2D eigenvalue weighted by molar-refractivity contribution is 5.20. The third-order valence-electron chi connectivity index (χ3n) is 4.34. The van der Waals surface area contributed by atoms with Crippen molar-refractivity contribution in [1.82, 2.24) is 0 Å². The molecular weight excluding hydrogens is 164 g/mol. The quantitative estimate of drug-likeness (QED) is 0.545. The lowest BCUT2D eigenvalue weighted by atomic mass is 9.85. The molecule has 0 amide bonds. The fraction of sp³-hybridized carbons (Fsp3) is 0.818. The lowest BCUT2D eigenvalue weighted by molar-refractivity contribution is -0.0589. The minimum Gasteiger partial charge on any atom is -0.390 e. The van der Waals surface area contributed by atoms with Gasteiger partial charge in [-0.25, -0.2) is 0 Å². The van der Waals surface area contributed by atoms with Crippen molar-refractivity contribution < 1.29 is 10.2 Å². The van der Waals surface area contributed by atoms with Gasteiger partial charge in [0.25, 0.3) is 0 Å². The molecule has 2 N–H and O–H groups in total. The second kappa shape index (κ2) is 2.18. The Bertz CT molecular complexity index is 269. The van der Waals surface area contributed by atoms with E-state index in [1.54, 1.807) is 6.92 Å². The zero-order valence-electron chi connectivity index (χ0n) is 7.85. The number of aliphatic hydroxyl groups is 2. The van der Waals surface area contributed by atoms with Crippen LogP contribution in [0, 0.1) is 23.7 Å². The van der Waals surface area contributed by atoms with E-state index in [-0.39, 0.29) is 0 Å². The first-order valence-electron chi connectivity index (χ1n) is 5.18. The van der Waals surface area contributed by atoms with Crippen LogP contribution in [0.25, 0.3) is 0 Å². The summed E-state index contributed by atoms with van der Waals surface area (Å²) in [5, 5.41) is 19.9. The van der Waals surface area contributed by atoms with Crippen molar-refractivity contribution in [3.8, 4) is 0 Å². The van der Waals surface area contributed by atoms with Gasteiger partial charge in [0, 0.05) is 0 Å². The highest BCUT2D eigenvalue weighted by atomic mass is 16.3. The SMILES string of the molecule is C[C@@]1(O)C[C@@H]2[C@H]([C@@H]3C=C[C@H]2C3)[C@@H]1O. The Kier molecular flexibility index (Phi) is 1.34. The smallest absolute Gasteiger partial charge is 0.0883 e.